The van der Waals surface area contributed by atoms with E-state index in [2.05, 4.69) is 15.4 Å². The Labute approximate surface area is 143 Å². The number of aliphatic carboxylic acids is 1. The van der Waals surface area contributed by atoms with Crippen LogP contribution in [-0.2, 0) is 4.79 Å². The fraction of sp³-hybridized carbons (Fsp3) is 0.375. The Bertz CT molecular complexity index is 727. The normalized spacial score (nSPS) is 16.5. The molecular weight excluding hydrogens is 328 g/mol. The first-order valence-corrected chi connectivity index (χ1v) is 8.83. The number of hydrogen-bond acceptors (Lipinski definition) is 5. The zero-order chi connectivity index (χ0) is 17.0. The molecule has 0 saturated carbocycles. The van der Waals surface area contributed by atoms with Crippen molar-refractivity contribution in [1.29, 1.82) is 0 Å². The third-order valence-electron chi connectivity index (χ3n) is 4.02. The molecule has 0 radical (unpaired) electrons. The third-order valence-corrected chi connectivity index (χ3v) is 5.01. The lowest BCUT2D eigenvalue weighted by Crippen LogP contribution is -2.52. The average Bonchev–Trinajstić information content (AvgIpc) is 3.09. The summed E-state index contributed by atoms with van der Waals surface area (Å²) in [6.07, 6.45) is 4.60. The van der Waals surface area contributed by atoms with E-state index in [1.54, 1.807) is 53.1 Å². The second kappa shape index (κ2) is 7.04. The molecule has 1 aliphatic rings. The van der Waals surface area contributed by atoms with Gasteiger partial charge in [-0.05, 0) is 42.5 Å². The van der Waals surface area contributed by atoms with Crippen LogP contribution in [0.2, 0.25) is 0 Å². The van der Waals surface area contributed by atoms with Gasteiger partial charge in [-0.25, -0.2) is 9.67 Å². The Morgan fingerprint density at radius 2 is 2.08 bits per heavy atom. The van der Waals surface area contributed by atoms with E-state index in [1.165, 1.54) is 0 Å². The third kappa shape index (κ3) is 3.76. The number of carboxylic acid groups (broad SMARTS) is 1. The standard InChI is InChI=1S/C16H18N4O3S/c21-14(22)11-16(5-9-24-10-6-16)19-15(23)12-3-1-4-13(18-12)20-8-2-7-17-20/h1-4,7-8H,5-6,9-11H2,(H,19,23)(H,21,22). The van der Waals surface area contributed by atoms with Gasteiger partial charge >= 0.3 is 5.97 Å². The van der Waals surface area contributed by atoms with E-state index in [1.807, 2.05) is 0 Å². The smallest absolute Gasteiger partial charge is 0.305 e. The average molecular weight is 346 g/mol. The van der Waals surface area contributed by atoms with Gasteiger partial charge in [0.2, 0.25) is 0 Å². The zero-order valence-corrected chi connectivity index (χ0v) is 13.8. The van der Waals surface area contributed by atoms with E-state index in [0.717, 1.165) is 11.5 Å². The number of amides is 1. The molecule has 2 N–H and O–H groups in total. The van der Waals surface area contributed by atoms with Crippen molar-refractivity contribution in [3.05, 3.63) is 42.4 Å². The van der Waals surface area contributed by atoms with Crippen LogP contribution in [0, 0.1) is 0 Å². The Morgan fingerprint density at radius 3 is 2.75 bits per heavy atom. The predicted octanol–water partition coefficient (Wildman–Crippen LogP) is 1.74. The second-order valence-corrected chi connectivity index (χ2v) is 6.97. The number of aromatic nitrogens is 3. The van der Waals surface area contributed by atoms with Crippen molar-refractivity contribution in [3.8, 4) is 5.82 Å². The Balaban J connectivity index is 1.80. The van der Waals surface area contributed by atoms with Gasteiger partial charge in [-0.3, -0.25) is 9.59 Å². The number of hydrogen-bond donors (Lipinski definition) is 2. The van der Waals surface area contributed by atoms with Gasteiger partial charge in [-0.2, -0.15) is 16.9 Å². The van der Waals surface area contributed by atoms with Crippen molar-refractivity contribution in [2.45, 2.75) is 24.8 Å². The number of carboxylic acids is 1. The fourth-order valence-electron chi connectivity index (χ4n) is 2.78. The van der Waals surface area contributed by atoms with Gasteiger partial charge in [-0.1, -0.05) is 6.07 Å². The van der Waals surface area contributed by atoms with E-state index in [0.29, 0.717) is 18.7 Å². The largest absolute Gasteiger partial charge is 0.481 e. The highest BCUT2D eigenvalue weighted by atomic mass is 32.2. The van der Waals surface area contributed by atoms with E-state index in [4.69, 9.17) is 0 Å². The molecule has 3 rings (SSSR count). The highest BCUT2D eigenvalue weighted by Crippen LogP contribution is 2.30. The Morgan fingerprint density at radius 1 is 1.29 bits per heavy atom. The molecule has 2 aromatic heterocycles. The van der Waals surface area contributed by atoms with Crippen molar-refractivity contribution >= 4 is 23.6 Å². The minimum atomic E-state index is -0.902. The molecule has 0 spiro atoms. The Kier molecular flexibility index (Phi) is 4.84. The number of pyridine rings is 1. The van der Waals surface area contributed by atoms with Crippen LogP contribution in [-0.4, -0.2) is 48.8 Å². The minimum absolute atomic E-state index is 0.0713. The topological polar surface area (TPSA) is 97.1 Å². The lowest BCUT2D eigenvalue weighted by molar-refractivity contribution is -0.138. The molecule has 24 heavy (non-hydrogen) atoms. The maximum Gasteiger partial charge on any atom is 0.305 e. The first-order chi connectivity index (χ1) is 11.6. The summed E-state index contributed by atoms with van der Waals surface area (Å²) in [6.45, 7) is 0. The molecule has 8 heteroatoms. The summed E-state index contributed by atoms with van der Waals surface area (Å²) >= 11 is 1.78. The van der Waals surface area contributed by atoms with E-state index in [9.17, 15) is 14.7 Å². The van der Waals surface area contributed by atoms with Crippen LogP contribution < -0.4 is 5.32 Å². The maximum absolute atomic E-state index is 12.6. The fourth-order valence-corrected chi connectivity index (χ4v) is 4.06. The van der Waals surface area contributed by atoms with Gasteiger partial charge < -0.3 is 10.4 Å². The van der Waals surface area contributed by atoms with Gasteiger partial charge in [0.05, 0.1) is 12.0 Å². The van der Waals surface area contributed by atoms with E-state index < -0.39 is 11.5 Å². The summed E-state index contributed by atoms with van der Waals surface area (Å²) in [5, 5.41) is 16.2. The molecule has 1 saturated heterocycles. The SMILES string of the molecule is O=C(O)CC1(NC(=O)c2cccc(-n3cccn3)n2)CCSCC1. The van der Waals surface area contributed by atoms with Crippen LogP contribution in [0.1, 0.15) is 29.8 Å². The highest BCUT2D eigenvalue weighted by molar-refractivity contribution is 7.99. The molecule has 126 valence electrons. The van der Waals surface area contributed by atoms with Crippen molar-refractivity contribution in [3.63, 3.8) is 0 Å². The molecule has 7 nitrogen and oxygen atoms in total. The van der Waals surface area contributed by atoms with Crippen molar-refractivity contribution in [1.82, 2.24) is 20.1 Å². The summed E-state index contributed by atoms with van der Waals surface area (Å²) in [4.78, 5) is 28.2. The lowest BCUT2D eigenvalue weighted by Gasteiger charge is -2.36. The molecule has 1 aliphatic heterocycles. The second-order valence-electron chi connectivity index (χ2n) is 5.75. The molecule has 1 fully saturated rings. The molecule has 3 heterocycles. The predicted molar refractivity (Wildman–Crippen MR) is 90.4 cm³/mol. The maximum atomic E-state index is 12.6. The van der Waals surface area contributed by atoms with E-state index >= 15 is 0 Å². The summed E-state index contributed by atoms with van der Waals surface area (Å²) in [6, 6.07) is 6.89. The molecule has 0 unspecified atom stereocenters. The molecule has 2 aromatic rings. The number of thioether (sulfide) groups is 1. The zero-order valence-electron chi connectivity index (χ0n) is 13.0. The number of carbonyl (C=O) groups is 2. The molecular formula is C16H18N4O3S. The number of nitrogens with one attached hydrogen (secondary N) is 1. The first-order valence-electron chi connectivity index (χ1n) is 7.67. The van der Waals surface area contributed by atoms with Crippen LogP contribution >= 0.6 is 11.8 Å². The molecule has 0 bridgehead atoms. The van der Waals surface area contributed by atoms with Gasteiger partial charge in [0.15, 0.2) is 5.82 Å². The number of carbonyl (C=O) groups excluding carboxylic acids is 1. The van der Waals surface area contributed by atoms with Gasteiger partial charge in [0, 0.05) is 12.4 Å². The van der Waals surface area contributed by atoms with Crippen molar-refractivity contribution in [2.75, 3.05) is 11.5 Å². The monoisotopic (exact) mass is 346 g/mol. The molecule has 0 atom stereocenters. The summed E-state index contributed by atoms with van der Waals surface area (Å²) in [5.74, 6) is 0.972. The van der Waals surface area contributed by atoms with Gasteiger partial charge in [-0.15, -0.1) is 0 Å². The van der Waals surface area contributed by atoms with Gasteiger partial charge in [0.25, 0.3) is 5.91 Å². The van der Waals surface area contributed by atoms with Crippen LogP contribution in [0.5, 0.6) is 0 Å². The molecule has 0 aromatic carbocycles. The lowest BCUT2D eigenvalue weighted by atomic mass is 9.88. The van der Waals surface area contributed by atoms with Crippen molar-refractivity contribution in [2.24, 2.45) is 0 Å². The van der Waals surface area contributed by atoms with Crippen LogP contribution in [0.15, 0.2) is 36.7 Å². The van der Waals surface area contributed by atoms with E-state index in [-0.39, 0.29) is 18.0 Å². The highest BCUT2D eigenvalue weighted by Gasteiger charge is 2.36. The summed E-state index contributed by atoms with van der Waals surface area (Å²) < 4.78 is 1.57. The van der Waals surface area contributed by atoms with Crippen LogP contribution in [0.3, 0.4) is 0 Å². The molecule has 0 aliphatic carbocycles. The summed E-state index contributed by atoms with van der Waals surface area (Å²) in [7, 11) is 0. The van der Waals surface area contributed by atoms with Crippen molar-refractivity contribution < 1.29 is 14.7 Å². The van der Waals surface area contributed by atoms with Gasteiger partial charge in [0.1, 0.15) is 5.69 Å². The molecule has 1 amide bonds. The Hall–Kier alpha value is -2.35. The first kappa shape index (κ1) is 16.5. The number of nitrogens with zero attached hydrogens (tertiary/aromatic N) is 3. The quantitative estimate of drug-likeness (QED) is 0.856. The minimum Gasteiger partial charge on any atom is -0.481 e. The van der Waals surface area contributed by atoms with Crippen LogP contribution in [0.25, 0.3) is 5.82 Å². The van der Waals surface area contributed by atoms with Crippen LogP contribution in [0.4, 0.5) is 0 Å². The summed E-state index contributed by atoms with van der Waals surface area (Å²) in [5.41, 5.74) is -0.441. The number of rotatable bonds is 5.